The molecule has 1 amide bonds. The van der Waals surface area contributed by atoms with Gasteiger partial charge in [0.05, 0.1) is 4.92 Å². The van der Waals surface area contributed by atoms with Gasteiger partial charge in [-0.05, 0) is 37.0 Å². The van der Waals surface area contributed by atoms with E-state index in [4.69, 9.17) is 5.73 Å². The summed E-state index contributed by atoms with van der Waals surface area (Å²) in [4.78, 5) is 22.1. The molecule has 1 aromatic carbocycles. The fraction of sp³-hybridized carbons (Fsp3) is 0.417. The van der Waals surface area contributed by atoms with Crippen LogP contribution in [0, 0.1) is 10.1 Å². The van der Waals surface area contributed by atoms with Crippen molar-refractivity contribution in [3.05, 3.63) is 33.9 Å². The molecular formula is C12H17N3O3S. The van der Waals surface area contributed by atoms with Crippen molar-refractivity contribution in [2.45, 2.75) is 12.8 Å². The number of benzene rings is 1. The molecule has 7 heteroatoms. The Morgan fingerprint density at radius 2 is 2.21 bits per heavy atom. The van der Waals surface area contributed by atoms with Crippen LogP contribution in [0.1, 0.15) is 23.2 Å². The number of nitrogen functional groups attached to an aromatic ring is 1. The first-order valence-electron chi connectivity index (χ1n) is 5.87. The number of carbonyl (C=O) groups is 1. The zero-order valence-corrected chi connectivity index (χ0v) is 11.5. The molecule has 6 nitrogen and oxygen atoms in total. The van der Waals surface area contributed by atoms with E-state index in [9.17, 15) is 14.9 Å². The molecule has 0 bridgehead atoms. The zero-order valence-electron chi connectivity index (χ0n) is 10.7. The minimum absolute atomic E-state index is 0.00914. The van der Waals surface area contributed by atoms with Gasteiger partial charge in [0.15, 0.2) is 0 Å². The lowest BCUT2D eigenvalue weighted by molar-refractivity contribution is -0.385. The molecule has 1 aromatic rings. The number of anilines is 1. The van der Waals surface area contributed by atoms with Gasteiger partial charge in [-0.3, -0.25) is 14.9 Å². The number of hydrogen-bond acceptors (Lipinski definition) is 5. The van der Waals surface area contributed by atoms with Crippen LogP contribution in [0.5, 0.6) is 0 Å². The van der Waals surface area contributed by atoms with Crippen LogP contribution in [0.25, 0.3) is 0 Å². The summed E-state index contributed by atoms with van der Waals surface area (Å²) in [5.74, 6) is 0.581. The van der Waals surface area contributed by atoms with Crippen molar-refractivity contribution in [3.63, 3.8) is 0 Å². The standard InChI is InChI=1S/C12H17N3O3S/c1-19-7-3-2-6-14-12(16)10-8-9(13)4-5-11(10)15(17)18/h4-5,8H,2-3,6-7,13H2,1H3,(H,14,16). The highest BCUT2D eigenvalue weighted by Crippen LogP contribution is 2.20. The highest BCUT2D eigenvalue weighted by Gasteiger charge is 2.19. The smallest absolute Gasteiger partial charge is 0.282 e. The SMILES string of the molecule is CSCCCCNC(=O)c1cc(N)ccc1[N+](=O)[O-]. The number of amides is 1. The second-order valence-electron chi connectivity index (χ2n) is 3.99. The van der Waals surface area contributed by atoms with E-state index in [-0.39, 0.29) is 11.3 Å². The summed E-state index contributed by atoms with van der Waals surface area (Å²) in [7, 11) is 0. The molecule has 0 spiro atoms. The van der Waals surface area contributed by atoms with E-state index in [2.05, 4.69) is 5.32 Å². The first-order chi connectivity index (χ1) is 9.06. The van der Waals surface area contributed by atoms with Gasteiger partial charge in [0, 0.05) is 18.3 Å². The van der Waals surface area contributed by atoms with Gasteiger partial charge in [-0.2, -0.15) is 11.8 Å². The zero-order chi connectivity index (χ0) is 14.3. The van der Waals surface area contributed by atoms with Gasteiger partial charge >= 0.3 is 0 Å². The number of nitro benzene ring substituents is 1. The third-order valence-corrected chi connectivity index (χ3v) is 3.22. The van der Waals surface area contributed by atoms with Crippen molar-refractivity contribution in [2.24, 2.45) is 0 Å². The predicted molar refractivity (Wildman–Crippen MR) is 77.5 cm³/mol. The summed E-state index contributed by atoms with van der Waals surface area (Å²) in [6, 6.07) is 3.99. The van der Waals surface area contributed by atoms with Crippen LogP contribution in [-0.4, -0.2) is 29.4 Å². The van der Waals surface area contributed by atoms with Gasteiger partial charge in [-0.25, -0.2) is 0 Å². The van der Waals surface area contributed by atoms with Crippen LogP contribution in [0.3, 0.4) is 0 Å². The molecule has 1 rings (SSSR count). The van der Waals surface area contributed by atoms with Crippen LogP contribution in [0.2, 0.25) is 0 Å². The van der Waals surface area contributed by atoms with Crippen LogP contribution in [0.15, 0.2) is 18.2 Å². The van der Waals surface area contributed by atoms with E-state index < -0.39 is 10.8 Å². The maximum Gasteiger partial charge on any atom is 0.282 e. The van der Waals surface area contributed by atoms with Gasteiger partial charge in [-0.15, -0.1) is 0 Å². The molecule has 3 N–H and O–H groups in total. The number of hydrogen-bond donors (Lipinski definition) is 2. The lowest BCUT2D eigenvalue weighted by Crippen LogP contribution is -2.25. The van der Waals surface area contributed by atoms with Gasteiger partial charge in [0.1, 0.15) is 5.56 Å². The third kappa shape index (κ3) is 4.78. The molecule has 0 atom stereocenters. The molecule has 0 saturated carbocycles. The maximum absolute atomic E-state index is 11.9. The molecule has 0 aliphatic heterocycles. The van der Waals surface area contributed by atoms with E-state index >= 15 is 0 Å². The number of carbonyl (C=O) groups excluding carboxylic acids is 1. The van der Waals surface area contributed by atoms with Crippen molar-refractivity contribution in [3.8, 4) is 0 Å². The monoisotopic (exact) mass is 283 g/mol. The lowest BCUT2D eigenvalue weighted by atomic mass is 10.1. The minimum atomic E-state index is -0.581. The summed E-state index contributed by atoms with van der Waals surface area (Å²) in [5.41, 5.74) is 5.67. The first kappa shape index (κ1) is 15.3. The number of nitrogens with one attached hydrogen (secondary N) is 1. The Bertz CT molecular complexity index is 466. The summed E-state index contributed by atoms with van der Waals surface area (Å²) in [6.45, 7) is 0.505. The molecule has 0 heterocycles. The molecule has 0 radical (unpaired) electrons. The Balaban J connectivity index is 2.65. The lowest BCUT2D eigenvalue weighted by Gasteiger charge is -2.06. The van der Waals surface area contributed by atoms with Crippen LogP contribution in [0.4, 0.5) is 11.4 Å². The van der Waals surface area contributed by atoms with E-state index in [0.29, 0.717) is 12.2 Å². The second-order valence-corrected chi connectivity index (χ2v) is 4.98. The van der Waals surface area contributed by atoms with Crippen molar-refractivity contribution in [1.82, 2.24) is 5.32 Å². The number of nitrogens with zero attached hydrogens (tertiary/aromatic N) is 1. The number of unbranched alkanes of at least 4 members (excludes halogenated alkanes) is 1. The fourth-order valence-electron chi connectivity index (χ4n) is 1.56. The quantitative estimate of drug-likeness (QED) is 0.345. The number of nitrogens with two attached hydrogens (primary N) is 1. The molecule has 0 unspecified atom stereocenters. The Morgan fingerprint density at radius 1 is 1.47 bits per heavy atom. The molecule has 0 aliphatic carbocycles. The summed E-state index contributed by atoms with van der Waals surface area (Å²) in [6.07, 6.45) is 3.87. The van der Waals surface area contributed by atoms with Crippen LogP contribution in [-0.2, 0) is 0 Å². The Morgan fingerprint density at radius 3 is 2.84 bits per heavy atom. The predicted octanol–water partition coefficient (Wildman–Crippen LogP) is 2.05. The summed E-state index contributed by atoms with van der Waals surface area (Å²) >= 11 is 1.75. The van der Waals surface area contributed by atoms with Crippen molar-refractivity contribution in [2.75, 3.05) is 24.3 Å². The van der Waals surface area contributed by atoms with Crippen molar-refractivity contribution in [1.29, 1.82) is 0 Å². The second kappa shape index (κ2) is 7.63. The van der Waals surface area contributed by atoms with Crippen LogP contribution >= 0.6 is 11.8 Å². The Kier molecular flexibility index (Phi) is 6.14. The normalized spacial score (nSPS) is 10.2. The van der Waals surface area contributed by atoms with Gasteiger partial charge in [-0.1, -0.05) is 0 Å². The molecular weight excluding hydrogens is 266 g/mol. The number of thioether (sulfide) groups is 1. The fourth-order valence-corrected chi connectivity index (χ4v) is 2.06. The van der Waals surface area contributed by atoms with Crippen molar-refractivity contribution < 1.29 is 9.72 Å². The average molecular weight is 283 g/mol. The van der Waals surface area contributed by atoms with Gasteiger partial charge in [0.2, 0.25) is 0 Å². The molecule has 104 valence electrons. The molecule has 0 fully saturated rings. The van der Waals surface area contributed by atoms with E-state index in [1.165, 1.54) is 18.2 Å². The molecule has 0 saturated heterocycles. The largest absolute Gasteiger partial charge is 0.399 e. The number of rotatable bonds is 7. The van der Waals surface area contributed by atoms with Gasteiger partial charge < -0.3 is 11.1 Å². The Labute approximate surface area is 115 Å². The van der Waals surface area contributed by atoms with E-state index in [1.807, 2.05) is 6.26 Å². The summed E-state index contributed by atoms with van der Waals surface area (Å²) in [5, 5.41) is 13.5. The molecule has 0 aliphatic rings. The highest BCUT2D eigenvalue weighted by molar-refractivity contribution is 7.98. The minimum Gasteiger partial charge on any atom is -0.399 e. The average Bonchev–Trinajstić information content (AvgIpc) is 2.37. The Hall–Kier alpha value is -1.76. The number of nitro groups is 1. The molecule has 0 aromatic heterocycles. The first-order valence-corrected chi connectivity index (χ1v) is 7.26. The van der Waals surface area contributed by atoms with Crippen LogP contribution < -0.4 is 11.1 Å². The molecule has 19 heavy (non-hydrogen) atoms. The van der Waals surface area contributed by atoms with E-state index in [1.54, 1.807) is 11.8 Å². The topological polar surface area (TPSA) is 98.3 Å². The summed E-state index contributed by atoms with van der Waals surface area (Å²) < 4.78 is 0. The van der Waals surface area contributed by atoms with Gasteiger partial charge in [0.25, 0.3) is 11.6 Å². The van der Waals surface area contributed by atoms with E-state index in [0.717, 1.165) is 18.6 Å². The maximum atomic E-state index is 11.9. The van der Waals surface area contributed by atoms with Crippen molar-refractivity contribution >= 4 is 29.0 Å². The third-order valence-electron chi connectivity index (χ3n) is 2.52. The highest BCUT2D eigenvalue weighted by atomic mass is 32.2.